The summed E-state index contributed by atoms with van der Waals surface area (Å²) in [7, 11) is 0. The van der Waals surface area contributed by atoms with Gasteiger partial charge in [0.2, 0.25) is 0 Å². The highest BCUT2D eigenvalue weighted by molar-refractivity contribution is 6.30. The second kappa shape index (κ2) is 11.2. The van der Waals surface area contributed by atoms with Crippen molar-refractivity contribution >= 4 is 23.7 Å². The van der Waals surface area contributed by atoms with E-state index in [1.807, 2.05) is 32.9 Å². The lowest BCUT2D eigenvalue weighted by atomic mass is 9.85. The molecule has 7 heteroatoms. The van der Waals surface area contributed by atoms with E-state index in [0.29, 0.717) is 28.1 Å². The molecule has 2 atom stereocenters. The van der Waals surface area contributed by atoms with E-state index in [9.17, 15) is 19.8 Å². The first-order valence-electron chi connectivity index (χ1n) is 12.8. The highest BCUT2D eigenvalue weighted by Crippen LogP contribution is 2.32. The number of carbonyl (C=O) groups excluding carboxylic acids is 1. The minimum atomic E-state index is -0.939. The maximum absolute atomic E-state index is 13.3. The first-order valence-corrected chi connectivity index (χ1v) is 13.2. The van der Waals surface area contributed by atoms with Crippen molar-refractivity contribution in [3.8, 4) is 11.1 Å². The molecular weight excluding hydrogens is 502 g/mol. The van der Waals surface area contributed by atoms with E-state index in [-0.39, 0.29) is 12.6 Å². The van der Waals surface area contributed by atoms with Gasteiger partial charge < -0.3 is 19.8 Å². The Kier molecular flexibility index (Phi) is 8.14. The molecule has 0 saturated heterocycles. The van der Waals surface area contributed by atoms with Gasteiger partial charge in [-0.1, -0.05) is 54.1 Å². The third kappa shape index (κ3) is 6.55. The Labute approximate surface area is 228 Å². The van der Waals surface area contributed by atoms with Crippen molar-refractivity contribution in [3.63, 3.8) is 0 Å². The minimum Gasteiger partial charge on any atom is -0.478 e. The summed E-state index contributed by atoms with van der Waals surface area (Å²) < 4.78 is 5.74. The minimum absolute atomic E-state index is 0.103. The highest BCUT2D eigenvalue weighted by atomic mass is 35.5. The summed E-state index contributed by atoms with van der Waals surface area (Å²) in [5.74, 6) is -0.939. The zero-order chi connectivity index (χ0) is 27.6. The molecule has 0 fully saturated rings. The van der Waals surface area contributed by atoms with Crippen LogP contribution in [0.2, 0.25) is 5.02 Å². The van der Waals surface area contributed by atoms with Crippen LogP contribution in [0.1, 0.15) is 65.9 Å². The number of halogens is 1. The number of benzene rings is 3. The van der Waals surface area contributed by atoms with Gasteiger partial charge in [0.1, 0.15) is 5.60 Å². The fraction of sp³-hybridized carbons (Fsp3) is 0.355. The first kappa shape index (κ1) is 27.7. The van der Waals surface area contributed by atoms with Gasteiger partial charge in [-0.3, -0.25) is 0 Å². The average molecular weight is 536 g/mol. The standard InChI is InChI=1S/C31H34ClNO5/c1-19-15-22(10-14-27(19)29(35)36)23-6-5-20-9-13-26(17-24(20)16-23)33(30(37)38-31(2,3)4)18-28(34)21-7-11-25(32)12-8-21/h5-8,10-12,14-16,26,28,34H,9,13,17-18H2,1-4H3,(H,35,36)/t26-,28+/m0/s1. The number of hydrogen-bond donors (Lipinski definition) is 2. The monoisotopic (exact) mass is 535 g/mol. The average Bonchev–Trinajstić information content (AvgIpc) is 2.85. The molecule has 0 spiro atoms. The first-order chi connectivity index (χ1) is 17.9. The maximum Gasteiger partial charge on any atom is 0.410 e. The lowest BCUT2D eigenvalue weighted by molar-refractivity contribution is 0.00194. The number of nitrogens with zero attached hydrogens (tertiary/aromatic N) is 1. The molecule has 6 nitrogen and oxygen atoms in total. The summed E-state index contributed by atoms with van der Waals surface area (Å²) in [6, 6.07) is 18.5. The van der Waals surface area contributed by atoms with Crippen molar-refractivity contribution in [3.05, 3.63) is 93.5 Å². The summed E-state index contributed by atoms with van der Waals surface area (Å²) in [5, 5.41) is 20.9. The van der Waals surface area contributed by atoms with Gasteiger partial charge in [-0.25, -0.2) is 9.59 Å². The van der Waals surface area contributed by atoms with Crippen molar-refractivity contribution in [1.29, 1.82) is 0 Å². The fourth-order valence-corrected chi connectivity index (χ4v) is 5.06. The molecule has 3 aromatic rings. The Morgan fingerprint density at radius 1 is 1.03 bits per heavy atom. The Bertz CT molecular complexity index is 1330. The molecule has 4 rings (SSSR count). The third-order valence-electron chi connectivity index (χ3n) is 6.89. The van der Waals surface area contributed by atoms with Gasteiger partial charge in [-0.05, 0) is 98.5 Å². The number of amides is 1. The zero-order valence-electron chi connectivity index (χ0n) is 22.2. The van der Waals surface area contributed by atoms with Crippen molar-refractivity contribution < 1.29 is 24.5 Å². The Hall–Kier alpha value is -3.35. The van der Waals surface area contributed by atoms with E-state index in [4.69, 9.17) is 16.3 Å². The van der Waals surface area contributed by atoms with E-state index in [1.165, 1.54) is 5.56 Å². The van der Waals surface area contributed by atoms with Gasteiger partial charge in [0, 0.05) is 11.1 Å². The number of carboxylic acids is 1. The summed E-state index contributed by atoms with van der Waals surface area (Å²) in [6.45, 7) is 7.40. The van der Waals surface area contributed by atoms with Gasteiger partial charge >= 0.3 is 12.1 Å². The smallest absolute Gasteiger partial charge is 0.410 e. The molecule has 0 bridgehead atoms. The Morgan fingerprint density at radius 2 is 1.68 bits per heavy atom. The molecule has 2 N–H and O–H groups in total. The summed E-state index contributed by atoms with van der Waals surface area (Å²) >= 11 is 6.01. The predicted molar refractivity (Wildman–Crippen MR) is 149 cm³/mol. The number of fused-ring (bicyclic) bond motifs is 1. The molecule has 0 radical (unpaired) electrons. The molecule has 200 valence electrons. The van der Waals surface area contributed by atoms with Gasteiger partial charge in [-0.2, -0.15) is 0 Å². The second-order valence-corrected chi connectivity index (χ2v) is 11.4. The normalized spacial score (nSPS) is 15.9. The lowest BCUT2D eigenvalue weighted by Crippen LogP contribution is -2.47. The number of ether oxygens (including phenoxy) is 1. The number of aromatic carboxylic acids is 1. The molecule has 38 heavy (non-hydrogen) atoms. The molecule has 1 aliphatic rings. The van der Waals surface area contributed by atoms with Crippen LogP contribution in [-0.4, -0.2) is 45.4 Å². The zero-order valence-corrected chi connectivity index (χ0v) is 23.0. The molecule has 1 aliphatic carbocycles. The van der Waals surface area contributed by atoms with E-state index in [2.05, 4.69) is 18.2 Å². The van der Waals surface area contributed by atoms with E-state index >= 15 is 0 Å². The van der Waals surface area contributed by atoms with Crippen molar-refractivity contribution in [2.45, 2.75) is 64.7 Å². The van der Waals surface area contributed by atoms with Crippen molar-refractivity contribution in [1.82, 2.24) is 4.90 Å². The van der Waals surface area contributed by atoms with Gasteiger partial charge in [0.15, 0.2) is 0 Å². The van der Waals surface area contributed by atoms with Crippen molar-refractivity contribution in [2.24, 2.45) is 0 Å². The number of aliphatic hydroxyl groups excluding tert-OH is 1. The SMILES string of the molecule is Cc1cc(-c2ccc3c(c2)C[C@@H](N(C[C@@H](O)c2ccc(Cl)cc2)C(=O)OC(C)(C)C)CC3)ccc1C(=O)O. The number of hydrogen-bond acceptors (Lipinski definition) is 4. The van der Waals surface area contributed by atoms with Gasteiger partial charge in [0.25, 0.3) is 0 Å². The van der Waals surface area contributed by atoms with Crippen LogP contribution in [0.5, 0.6) is 0 Å². The Balaban J connectivity index is 1.60. The highest BCUT2D eigenvalue weighted by Gasteiger charge is 2.33. The van der Waals surface area contributed by atoms with Crippen LogP contribution >= 0.6 is 11.6 Å². The van der Waals surface area contributed by atoms with Crippen LogP contribution < -0.4 is 0 Å². The molecule has 3 aromatic carbocycles. The predicted octanol–water partition coefficient (Wildman–Crippen LogP) is 6.84. The van der Waals surface area contributed by atoms with E-state index < -0.39 is 23.8 Å². The van der Waals surface area contributed by atoms with Crippen LogP contribution in [0.25, 0.3) is 11.1 Å². The van der Waals surface area contributed by atoms with Gasteiger partial charge in [0.05, 0.1) is 18.2 Å². The van der Waals surface area contributed by atoms with Crippen LogP contribution in [0.4, 0.5) is 4.79 Å². The Morgan fingerprint density at radius 3 is 2.32 bits per heavy atom. The largest absolute Gasteiger partial charge is 0.478 e. The fourth-order valence-electron chi connectivity index (χ4n) is 4.94. The lowest BCUT2D eigenvalue weighted by Gasteiger charge is -2.37. The van der Waals surface area contributed by atoms with E-state index in [1.54, 1.807) is 42.2 Å². The molecule has 0 saturated carbocycles. The van der Waals surface area contributed by atoms with Crippen LogP contribution in [-0.2, 0) is 17.6 Å². The third-order valence-corrected chi connectivity index (χ3v) is 7.14. The number of aliphatic hydroxyl groups is 1. The van der Waals surface area contributed by atoms with Crippen LogP contribution in [0.3, 0.4) is 0 Å². The maximum atomic E-state index is 13.3. The molecule has 0 unspecified atom stereocenters. The summed E-state index contributed by atoms with van der Waals surface area (Å²) in [6.07, 6.45) is 0.846. The molecule has 1 amide bonds. The van der Waals surface area contributed by atoms with E-state index in [0.717, 1.165) is 29.5 Å². The quantitative estimate of drug-likeness (QED) is 0.361. The van der Waals surface area contributed by atoms with Crippen molar-refractivity contribution in [2.75, 3.05) is 6.54 Å². The molecule has 0 aliphatic heterocycles. The summed E-state index contributed by atoms with van der Waals surface area (Å²) in [4.78, 5) is 26.4. The number of aryl methyl sites for hydroxylation is 2. The second-order valence-electron chi connectivity index (χ2n) is 10.9. The van der Waals surface area contributed by atoms with Crippen LogP contribution in [0, 0.1) is 6.92 Å². The number of carbonyl (C=O) groups is 2. The summed E-state index contributed by atoms with van der Waals surface area (Å²) in [5.41, 5.74) is 5.31. The van der Waals surface area contributed by atoms with Gasteiger partial charge in [-0.15, -0.1) is 0 Å². The van der Waals surface area contributed by atoms with Crippen LogP contribution in [0.15, 0.2) is 60.7 Å². The number of rotatable bonds is 6. The number of carboxylic acid groups (broad SMARTS) is 1. The molecular formula is C31H34ClNO5. The molecule has 0 heterocycles. The molecule has 0 aromatic heterocycles. The topological polar surface area (TPSA) is 87.1 Å².